The minimum absolute atomic E-state index is 0.314. The Morgan fingerprint density at radius 1 is 1.15 bits per heavy atom. The standard InChI is InChI=1S/C14H25N3O2S/c1-12(2)17(11-5-10-15)13-6-8-14(9-7-13)20(18,19)16(3)4/h6-9,12H,5,10-11,15H2,1-4H3. The van der Waals surface area contributed by atoms with Crippen molar-refractivity contribution in [3.63, 3.8) is 0 Å². The number of hydrogen-bond donors (Lipinski definition) is 1. The second kappa shape index (κ2) is 7.06. The van der Waals surface area contributed by atoms with Gasteiger partial charge in [0.05, 0.1) is 4.90 Å². The smallest absolute Gasteiger partial charge is 0.242 e. The molecule has 0 saturated carbocycles. The van der Waals surface area contributed by atoms with Crippen molar-refractivity contribution < 1.29 is 8.42 Å². The van der Waals surface area contributed by atoms with Crippen molar-refractivity contribution in [1.82, 2.24) is 4.31 Å². The number of rotatable bonds is 7. The second-order valence-corrected chi connectivity index (χ2v) is 7.36. The third-order valence-electron chi connectivity index (χ3n) is 3.17. The zero-order valence-electron chi connectivity index (χ0n) is 12.7. The lowest BCUT2D eigenvalue weighted by molar-refractivity contribution is 0.520. The van der Waals surface area contributed by atoms with Crippen molar-refractivity contribution in [2.45, 2.75) is 31.2 Å². The van der Waals surface area contributed by atoms with Crippen LogP contribution in [0.1, 0.15) is 20.3 Å². The van der Waals surface area contributed by atoms with E-state index in [1.54, 1.807) is 12.1 Å². The van der Waals surface area contributed by atoms with Crippen molar-refractivity contribution in [3.8, 4) is 0 Å². The molecule has 0 radical (unpaired) electrons. The van der Waals surface area contributed by atoms with Crippen molar-refractivity contribution in [2.75, 3.05) is 32.1 Å². The minimum atomic E-state index is -3.36. The quantitative estimate of drug-likeness (QED) is 0.828. The second-order valence-electron chi connectivity index (χ2n) is 5.21. The van der Waals surface area contributed by atoms with Crippen LogP contribution in [0.2, 0.25) is 0 Å². The Labute approximate surface area is 122 Å². The molecule has 5 nitrogen and oxygen atoms in total. The van der Waals surface area contributed by atoms with Gasteiger partial charge in [-0.1, -0.05) is 0 Å². The van der Waals surface area contributed by atoms with E-state index in [0.29, 0.717) is 17.5 Å². The average Bonchev–Trinajstić information content (AvgIpc) is 2.39. The van der Waals surface area contributed by atoms with Gasteiger partial charge in [-0.2, -0.15) is 0 Å². The van der Waals surface area contributed by atoms with Crippen LogP contribution < -0.4 is 10.6 Å². The molecule has 0 saturated heterocycles. The summed E-state index contributed by atoms with van der Waals surface area (Å²) < 4.78 is 25.2. The molecule has 1 rings (SSSR count). The molecule has 0 bridgehead atoms. The van der Waals surface area contributed by atoms with E-state index in [2.05, 4.69) is 18.7 Å². The van der Waals surface area contributed by atoms with Gasteiger partial charge < -0.3 is 10.6 Å². The molecule has 0 fully saturated rings. The number of anilines is 1. The molecule has 6 heteroatoms. The van der Waals surface area contributed by atoms with Crippen LogP contribution in [0.25, 0.3) is 0 Å². The third kappa shape index (κ3) is 3.94. The van der Waals surface area contributed by atoms with Gasteiger partial charge in [-0.3, -0.25) is 0 Å². The normalized spacial score (nSPS) is 12.2. The lowest BCUT2D eigenvalue weighted by Crippen LogP contribution is -2.32. The molecule has 0 aliphatic carbocycles. The lowest BCUT2D eigenvalue weighted by atomic mass is 10.2. The fourth-order valence-corrected chi connectivity index (χ4v) is 2.87. The van der Waals surface area contributed by atoms with E-state index in [4.69, 9.17) is 5.73 Å². The van der Waals surface area contributed by atoms with Crippen molar-refractivity contribution >= 4 is 15.7 Å². The van der Waals surface area contributed by atoms with Gasteiger partial charge in [0, 0.05) is 32.4 Å². The maximum Gasteiger partial charge on any atom is 0.242 e. The SMILES string of the molecule is CC(C)N(CCCN)c1ccc(S(=O)(=O)N(C)C)cc1. The van der Waals surface area contributed by atoms with Gasteiger partial charge in [0.25, 0.3) is 0 Å². The zero-order chi connectivity index (χ0) is 15.3. The van der Waals surface area contributed by atoms with Gasteiger partial charge in [-0.25, -0.2) is 12.7 Å². The number of nitrogens with two attached hydrogens (primary N) is 1. The Morgan fingerprint density at radius 3 is 2.10 bits per heavy atom. The molecule has 0 aliphatic rings. The van der Waals surface area contributed by atoms with Crippen LogP contribution in [0.4, 0.5) is 5.69 Å². The van der Waals surface area contributed by atoms with E-state index >= 15 is 0 Å². The zero-order valence-corrected chi connectivity index (χ0v) is 13.5. The molecule has 1 aromatic carbocycles. The molecule has 0 spiro atoms. The summed E-state index contributed by atoms with van der Waals surface area (Å²) in [5, 5.41) is 0. The minimum Gasteiger partial charge on any atom is -0.369 e. The molecule has 0 aromatic heterocycles. The van der Waals surface area contributed by atoms with E-state index in [-0.39, 0.29) is 0 Å². The first-order valence-corrected chi connectivity index (χ1v) is 8.24. The van der Waals surface area contributed by atoms with Gasteiger partial charge in [0.2, 0.25) is 10.0 Å². The summed E-state index contributed by atoms with van der Waals surface area (Å²) >= 11 is 0. The molecule has 20 heavy (non-hydrogen) atoms. The molecule has 0 heterocycles. The fourth-order valence-electron chi connectivity index (χ4n) is 1.97. The molecular weight excluding hydrogens is 274 g/mol. The largest absolute Gasteiger partial charge is 0.369 e. The van der Waals surface area contributed by atoms with Crippen LogP contribution >= 0.6 is 0 Å². The molecule has 0 aliphatic heterocycles. The monoisotopic (exact) mass is 299 g/mol. The summed E-state index contributed by atoms with van der Waals surface area (Å²) in [6.07, 6.45) is 0.913. The number of nitrogens with zero attached hydrogens (tertiary/aromatic N) is 2. The van der Waals surface area contributed by atoms with Crippen LogP contribution in [0, 0.1) is 0 Å². The highest BCUT2D eigenvalue weighted by atomic mass is 32.2. The summed E-state index contributed by atoms with van der Waals surface area (Å²) in [7, 11) is -0.296. The van der Waals surface area contributed by atoms with E-state index in [9.17, 15) is 8.42 Å². The summed E-state index contributed by atoms with van der Waals surface area (Å²) in [5.41, 5.74) is 6.58. The fraction of sp³-hybridized carbons (Fsp3) is 0.571. The van der Waals surface area contributed by atoms with Crippen molar-refractivity contribution in [3.05, 3.63) is 24.3 Å². The van der Waals surface area contributed by atoms with E-state index in [1.165, 1.54) is 18.4 Å². The van der Waals surface area contributed by atoms with Crippen molar-refractivity contribution in [2.24, 2.45) is 5.73 Å². The Bertz CT molecular complexity index is 510. The first-order chi connectivity index (χ1) is 9.30. The Morgan fingerprint density at radius 2 is 1.70 bits per heavy atom. The molecule has 114 valence electrons. The number of sulfonamides is 1. The van der Waals surface area contributed by atoms with Crippen LogP contribution in [-0.2, 0) is 10.0 Å². The third-order valence-corrected chi connectivity index (χ3v) is 5.00. The predicted octanol–water partition coefficient (Wildman–Crippen LogP) is 1.50. The van der Waals surface area contributed by atoms with Crippen LogP contribution in [-0.4, -0.2) is 45.9 Å². The average molecular weight is 299 g/mol. The molecule has 0 unspecified atom stereocenters. The molecule has 0 amide bonds. The van der Waals surface area contributed by atoms with Gasteiger partial charge in [-0.05, 0) is 51.1 Å². The van der Waals surface area contributed by atoms with E-state index in [0.717, 1.165) is 18.7 Å². The maximum atomic E-state index is 12.0. The summed E-state index contributed by atoms with van der Waals surface area (Å²) in [6, 6.07) is 7.36. The van der Waals surface area contributed by atoms with Gasteiger partial charge >= 0.3 is 0 Å². The topological polar surface area (TPSA) is 66.6 Å². The number of benzene rings is 1. The van der Waals surface area contributed by atoms with E-state index < -0.39 is 10.0 Å². The Hall–Kier alpha value is -1.11. The summed E-state index contributed by atoms with van der Waals surface area (Å²) in [5.74, 6) is 0. The van der Waals surface area contributed by atoms with Crippen LogP contribution in [0.15, 0.2) is 29.2 Å². The van der Waals surface area contributed by atoms with Gasteiger partial charge in [-0.15, -0.1) is 0 Å². The predicted molar refractivity (Wildman–Crippen MR) is 83.5 cm³/mol. The molecule has 0 atom stereocenters. The highest BCUT2D eigenvalue weighted by molar-refractivity contribution is 7.89. The lowest BCUT2D eigenvalue weighted by Gasteiger charge is -2.29. The van der Waals surface area contributed by atoms with Crippen LogP contribution in [0.3, 0.4) is 0 Å². The molecule has 1 aromatic rings. The highest BCUT2D eigenvalue weighted by Crippen LogP contribution is 2.21. The maximum absolute atomic E-state index is 12.0. The van der Waals surface area contributed by atoms with Crippen LogP contribution in [0.5, 0.6) is 0 Å². The highest BCUT2D eigenvalue weighted by Gasteiger charge is 2.17. The Balaban J connectivity index is 3.00. The van der Waals surface area contributed by atoms with E-state index in [1.807, 2.05) is 12.1 Å². The van der Waals surface area contributed by atoms with Gasteiger partial charge in [0.15, 0.2) is 0 Å². The summed E-state index contributed by atoms with van der Waals surface area (Å²) in [6.45, 7) is 5.74. The number of hydrogen-bond acceptors (Lipinski definition) is 4. The summed E-state index contributed by atoms with van der Waals surface area (Å²) in [4.78, 5) is 2.53. The first-order valence-electron chi connectivity index (χ1n) is 6.80. The molecule has 2 N–H and O–H groups in total. The van der Waals surface area contributed by atoms with Gasteiger partial charge in [0.1, 0.15) is 0 Å². The van der Waals surface area contributed by atoms with Crippen molar-refractivity contribution in [1.29, 1.82) is 0 Å². The molecular formula is C14H25N3O2S. The first kappa shape index (κ1) is 16.9. The Kier molecular flexibility index (Phi) is 5.98.